The normalized spacial score (nSPS) is 16.0. The summed E-state index contributed by atoms with van der Waals surface area (Å²) in [7, 11) is 0. The highest BCUT2D eigenvalue weighted by atomic mass is 32.1. The summed E-state index contributed by atoms with van der Waals surface area (Å²) < 4.78 is 14.2. The Balaban J connectivity index is 1.62. The van der Waals surface area contributed by atoms with E-state index < -0.39 is 6.04 Å². The number of primary amides is 1. The van der Waals surface area contributed by atoms with Gasteiger partial charge in [-0.15, -0.1) is 11.3 Å². The Bertz CT molecular complexity index is 1220. The number of nitrogens with zero attached hydrogens (tertiary/aromatic N) is 3. The lowest BCUT2D eigenvalue weighted by Gasteiger charge is -2.36. The van der Waals surface area contributed by atoms with Crippen LogP contribution in [0.2, 0.25) is 0 Å². The van der Waals surface area contributed by atoms with E-state index in [9.17, 15) is 9.18 Å². The number of hydrogen-bond acceptors (Lipinski definition) is 5. The minimum atomic E-state index is -0.473. The number of anilines is 1. The molecule has 0 bridgehead atoms. The van der Waals surface area contributed by atoms with Crippen molar-refractivity contribution in [3.8, 4) is 10.4 Å². The van der Waals surface area contributed by atoms with Gasteiger partial charge in [0.15, 0.2) is 5.82 Å². The second-order valence-corrected chi connectivity index (χ2v) is 8.10. The molecule has 4 aromatic rings. The minimum absolute atomic E-state index is 0.272. The molecule has 1 atom stereocenters. The van der Waals surface area contributed by atoms with Gasteiger partial charge in [-0.05, 0) is 34.9 Å². The van der Waals surface area contributed by atoms with E-state index in [1.54, 1.807) is 12.1 Å². The molecule has 3 heterocycles. The summed E-state index contributed by atoms with van der Waals surface area (Å²) in [5, 5.41) is 0. The smallest absolute Gasteiger partial charge is 0.240 e. The number of hydrogen-bond donors (Lipinski definition) is 1. The number of rotatable bonds is 3. The van der Waals surface area contributed by atoms with Crippen molar-refractivity contribution in [2.45, 2.75) is 19.0 Å². The Kier molecular flexibility index (Phi) is 4.24. The van der Waals surface area contributed by atoms with Crippen LogP contribution in [-0.2, 0) is 17.8 Å². The molecule has 2 aromatic heterocycles. The molecule has 5 rings (SSSR count). The summed E-state index contributed by atoms with van der Waals surface area (Å²) in [5.41, 5.74) is 9.75. The summed E-state index contributed by atoms with van der Waals surface area (Å²) in [6, 6.07) is 15.9. The first-order valence-electron chi connectivity index (χ1n) is 9.23. The number of fused-ring (bicyclic) bond motifs is 2. The Labute approximate surface area is 170 Å². The molecule has 144 valence electrons. The van der Waals surface area contributed by atoms with Crippen molar-refractivity contribution in [2.24, 2.45) is 5.73 Å². The number of thiophene rings is 1. The van der Waals surface area contributed by atoms with E-state index in [1.807, 2.05) is 29.2 Å². The fourth-order valence-corrected chi connectivity index (χ4v) is 4.92. The minimum Gasteiger partial charge on any atom is -0.368 e. The van der Waals surface area contributed by atoms with E-state index in [-0.39, 0.29) is 11.7 Å². The largest absolute Gasteiger partial charge is 0.368 e. The average molecular weight is 404 g/mol. The molecule has 0 unspecified atom stereocenters. The third-order valence-electron chi connectivity index (χ3n) is 5.27. The summed E-state index contributed by atoms with van der Waals surface area (Å²) in [6.45, 7) is 0.555. The monoisotopic (exact) mass is 404 g/mol. The van der Waals surface area contributed by atoms with Crippen molar-refractivity contribution in [3.63, 3.8) is 0 Å². The van der Waals surface area contributed by atoms with Crippen LogP contribution < -0.4 is 10.6 Å². The van der Waals surface area contributed by atoms with Gasteiger partial charge in [-0.2, -0.15) is 0 Å². The Morgan fingerprint density at radius 2 is 1.86 bits per heavy atom. The van der Waals surface area contributed by atoms with Crippen LogP contribution in [0.15, 0.2) is 60.9 Å². The highest BCUT2D eigenvalue weighted by Gasteiger charge is 2.32. The number of benzene rings is 2. The maximum absolute atomic E-state index is 13.3. The molecule has 2 aromatic carbocycles. The van der Waals surface area contributed by atoms with Crippen LogP contribution in [0.3, 0.4) is 0 Å². The predicted octanol–water partition coefficient (Wildman–Crippen LogP) is 3.91. The van der Waals surface area contributed by atoms with Crippen molar-refractivity contribution in [2.75, 3.05) is 4.90 Å². The fourth-order valence-electron chi connectivity index (χ4n) is 3.80. The van der Waals surface area contributed by atoms with Crippen LogP contribution in [-0.4, -0.2) is 21.9 Å². The van der Waals surface area contributed by atoms with E-state index in [0.29, 0.717) is 18.8 Å². The van der Waals surface area contributed by atoms with Crippen LogP contribution in [0.5, 0.6) is 0 Å². The first-order valence-corrected chi connectivity index (χ1v) is 10.0. The van der Waals surface area contributed by atoms with Gasteiger partial charge in [-0.1, -0.05) is 36.4 Å². The molecule has 0 radical (unpaired) electrons. The van der Waals surface area contributed by atoms with E-state index in [4.69, 9.17) is 5.73 Å². The first-order chi connectivity index (χ1) is 14.1. The van der Waals surface area contributed by atoms with E-state index in [1.165, 1.54) is 29.8 Å². The number of carbonyl (C=O) groups excluding carboxylic acids is 1. The van der Waals surface area contributed by atoms with Gasteiger partial charge < -0.3 is 10.6 Å². The second-order valence-electron chi connectivity index (χ2n) is 7.05. The molecule has 5 nitrogen and oxygen atoms in total. The summed E-state index contributed by atoms with van der Waals surface area (Å²) in [5.74, 6) is 0.0554. The van der Waals surface area contributed by atoms with Crippen molar-refractivity contribution in [3.05, 3.63) is 77.9 Å². The molecule has 29 heavy (non-hydrogen) atoms. The van der Waals surface area contributed by atoms with Crippen LogP contribution in [0.25, 0.3) is 20.7 Å². The molecule has 0 spiro atoms. The van der Waals surface area contributed by atoms with Crippen LogP contribution in [0.1, 0.15) is 11.1 Å². The highest BCUT2D eigenvalue weighted by molar-refractivity contribution is 7.22. The molecule has 7 heteroatoms. The molecule has 1 amide bonds. The molecule has 0 saturated carbocycles. The number of halogens is 1. The third-order valence-corrected chi connectivity index (χ3v) is 6.44. The van der Waals surface area contributed by atoms with Crippen molar-refractivity contribution < 1.29 is 9.18 Å². The summed E-state index contributed by atoms with van der Waals surface area (Å²) in [4.78, 5) is 24.1. The zero-order valence-electron chi connectivity index (χ0n) is 15.4. The van der Waals surface area contributed by atoms with E-state index in [0.717, 1.165) is 31.8 Å². The molecule has 2 N–H and O–H groups in total. The van der Waals surface area contributed by atoms with Gasteiger partial charge in [0.2, 0.25) is 5.91 Å². The zero-order chi connectivity index (χ0) is 20.0. The van der Waals surface area contributed by atoms with Crippen LogP contribution in [0.4, 0.5) is 10.2 Å². The van der Waals surface area contributed by atoms with Crippen molar-refractivity contribution in [1.82, 2.24) is 9.97 Å². The SMILES string of the molecule is NC(=O)[C@H]1Cc2ccccc2CN1c1ncnc2cc(-c3ccc(F)cc3)sc12. The molecule has 0 aliphatic carbocycles. The van der Waals surface area contributed by atoms with Crippen molar-refractivity contribution in [1.29, 1.82) is 0 Å². The van der Waals surface area contributed by atoms with Gasteiger partial charge in [0.25, 0.3) is 0 Å². The number of carbonyl (C=O) groups is 1. The highest BCUT2D eigenvalue weighted by Crippen LogP contribution is 2.39. The Morgan fingerprint density at radius 3 is 2.62 bits per heavy atom. The quantitative estimate of drug-likeness (QED) is 0.562. The van der Waals surface area contributed by atoms with E-state index >= 15 is 0 Å². The van der Waals surface area contributed by atoms with Gasteiger partial charge in [0.05, 0.1) is 10.2 Å². The lowest BCUT2D eigenvalue weighted by molar-refractivity contribution is -0.119. The van der Waals surface area contributed by atoms with Gasteiger partial charge in [-0.3, -0.25) is 4.79 Å². The Morgan fingerprint density at radius 1 is 1.10 bits per heavy atom. The van der Waals surface area contributed by atoms with Crippen LogP contribution in [0, 0.1) is 5.82 Å². The Hall–Kier alpha value is -3.32. The predicted molar refractivity (Wildman–Crippen MR) is 112 cm³/mol. The van der Waals surface area contributed by atoms with E-state index in [2.05, 4.69) is 16.0 Å². The molecule has 1 aliphatic rings. The number of nitrogens with two attached hydrogens (primary N) is 1. The number of amides is 1. The van der Waals surface area contributed by atoms with Gasteiger partial charge in [-0.25, -0.2) is 14.4 Å². The fraction of sp³-hybridized carbons (Fsp3) is 0.136. The number of aromatic nitrogens is 2. The molecular weight excluding hydrogens is 387 g/mol. The molecule has 1 aliphatic heterocycles. The molecular formula is C22H17FN4OS. The third kappa shape index (κ3) is 3.13. The zero-order valence-corrected chi connectivity index (χ0v) is 16.2. The molecule has 0 fully saturated rings. The average Bonchev–Trinajstić information content (AvgIpc) is 3.17. The lowest BCUT2D eigenvalue weighted by atomic mass is 9.93. The summed E-state index contributed by atoms with van der Waals surface area (Å²) >= 11 is 1.53. The maximum atomic E-state index is 13.3. The topological polar surface area (TPSA) is 72.1 Å². The molecule has 0 saturated heterocycles. The second kappa shape index (κ2) is 6.93. The van der Waals surface area contributed by atoms with Crippen LogP contribution >= 0.6 is 11.3 Å². The van der Waals surface area contributed by atoms with Gasteiger partial charge in [0.1, 0.15) is 18.2 Å². The standard InChI is InChI=1S/C22H17FN4OS/c23-16-7-5-13(6-8-16)19-10-17-20(29-19)22(26-12-25-17)27-11-15-4-2-1-3-14(15)9-18(27)21(24)28/h1-8,10,12,18H,9,11H2,(H2,24,28)/t18-/m1/s1. The summed E-state index contributed by atoms with van der Waals surface area (Å²) in [6.07, 6.45) is 2.06. The first kappa shape index (κ1) is 17.8. The van der Waals surface area contributed by atoms with Crippen molar-refractivity contribution >= 4 is 33.3 Å². The maximum Gasteiger partial charge on any atom is 0.240 e. The lowest BCUT2D eigenvalue weighted by Crippen LogP contribution is -2.49. The van der Waals surface area contributed by atoms with Gasteiger partial charge in [0, 0.05) is 17.8 Å². The van der Waals surface area contributed by atoms with Gasteiger partial charge >= 0.3 is 0 Å².